The molecule has 1 aliphatic heterocycles. The number of amides is 1. The van der Waals surface area contributed by atoms with Gasteiger partial charge in [0.1, 0.15) is 0 Å². The van der Waals surface area contributed by atoms with E-state index in [1.165, 1.54) is 0 Å². The molecular formula is C12H20N4O2. The van der Waals surface area contributed by atoms with Crippen LogP contribution < -0.4 is 0 Å². The van der Waals surface area contributed by atoms with Crippen LogP contribution in [-0.4, -0.2) is 52.0 Å². The number of hydrogen-bond acceptors (Lipinski definition) is 5. The quantitative estimate of drug-likeness (QED) is 0.785. The number of carbonyl (C=O) groups excluding carboxylic acids is 1. The Labute approximate surface area is 107 Å². The van der Waals surface area contributed by atoms with E-state index in [-0.39, 0.29) is 11.9 Å². The first kappa shape index (κ1) is 13.0. The molecule has 1 fully saturated rings. The van der Waals surface area contributed by atoms with Gasteiger partial charge in [0.15, 0.2) is 5.82 Å². The second-order valence-corrected chi connectivity index (χ2v) is 4.75. The maximum Gasteiger partial charge on any atom is 0.243 e. The Morgan fingerprint density at radius 1 is 1.33 bits per heavy atom. The van der Waals surface area contributed by atoms with E-state index in [9.17, 15) is 4.79 Å². The summed E-state index contributed by atoms with van der Waals surface area (Å²) < 4.78 is 5.21. The van der Waals surface area contributed by atoms with E-state index in [1.807, 2.05) is 11.8 Å². The van der Waals surface area contributed by atoms with Crippen LogP contribution in [0, 0.1) is 6.92 Å². The number of nitrogens with zero attached hydrogens (tertiary/aromatic N) is 4. The van der Waals surface area contributed by atoms with E-state index < -0.39 is 0 Å². The summed E-state index contributed by atoms with van der Waals surface area (Å²) in [7, 11) is 0. The molecule has 0 saturated carbocycles. The molecule has 6 heteroatoms. The maximum atomic E-state index is 11.4. The molecule has 2 heterocycles. The third-order valence-electron chi connectivity index (χ3n) is 3.42. The van der Waals surface area contributed by atoms with Gasteiger partial charge in [-0.2, -0.15) is 4.98 Å². The fraction of sp³-hybridized carbons (Fsp3) is 0.750. The first-order valence-electron chi connectivity index (χ1n) is 6.37. The molecule has 1 unspecified atom stereocenters. The van der Waals surface area contributed by atoms with Crippen molar-refractivity contribution in [1.82, 2.24) is 19.9 Å². The molecule has 0 aromatic carbocycles. The summed E-state index contributed by atoms with van der Waals surface area (Å²) >= 11 is 0. The molecule has 0 radical (unpaired) electrons. The van der Waals surface area contributed by atoms with Gasteiger partial charge in [0.05, 0.1) is 6.04 Å². The highest BCUT2D eigenvalue weighted by atomic mass is 16.5. The van der Waals surface area contributed by atoms with Gasteiger partial charge in [-0.25, -0.2) is 0 Å². The van der Waals surface area contributed by atoms with Crippen molar-refractivity contribution in [2.45, 2.75) is 33.2 Å². The molecule has 0 spiro atoms. The summed E-state index contributed by atoms with van der Waals surface area (Å²) in [5.74, 6) is 1.47. The van der Waals surface area contributed by atoms with Gasteiger partial charge in [-0.1, -0.05) is 5.16 Å². The topological polar surface area (TPSA) is 62.5 Å². The Morgan fingerprint density at radius 2 is 2.11 bits per heavy atom. The van der Waals surface area contributed by atoms with Gasteiger partial charge in [0, 0.05) is 33.1 Å². The molecular weight excluding hydrogens is 232 g/mol. The number of aryl methyl sites for hydroxylation is 1. The Bertz CT molecular complexity index is 418. The Balaban J connectivity index is 1.99. The summed E-state index contributed by atoms with van der Waals surface area (Å²) in [4.78, 5) is 19.8. The molecule has 2 rings (SSSR count). The smallest absolute Gasteiger partial charge is 0.243 e. The zero-order valence-corrected chi connectivity index (χ0v) is 11.2. The van der Waals surface area contributed by atoms with Gasteiger partial charge < -0.3 is 9.42 Å². The molecule has 0 N–H and O–H groups in total. The molecule has 100 valence electrons. The molecule has 0 bridgehead atoms. The lowest BCUT2D eigenvalue weighted by molar-refractivity contribution is -0.128. The van der Waals surface area contributed by atoms with Gasteiger partial charge in [-0.3, -0.25) is 9.69 Å². The highest BCUT2D eigenvalue weighted by Crippen LogP contribution is 2.20. The lowest BCUT2D eigenvalue weighted by Crippen LogP contribution is -2.34. The van der Waals surface area contributed by atoms with Crippen molar-refractivity contribution in [3.63, 3.8) is 0 Å². The zero-order valence-electron chi connectivity index (χ0n) is 11.2. The first-order chi connectivity index (χ1) is 8.58. The number of aromatic nitrogens is 2. The van der Waals surface area contributed by atoms with Crippen LogP contribution in [0.15, 0.2) is 4.52 Å². The van der Waals surface area contributed by atoms with Gasteiger partial charge in [0.2, 0.25) is 11.8 Å². The van der Waals surface area contributed by atoms with Crippen molar-refractivity contribution in [2.75, 3.05) is 26.2 Å². The molecule has 1 aromatic rings. The van der Waals surface area contributed by atoms with E-state index in [0.29, 0.717) is 11.7 Å². The van der Waals surface area contributed by atoms with Gasteiger partial charge in [0.25, 0.3) is 0 Å². The highest BCUT2D eigenvalue weighted by molar-refractivity contribution is 5.73. The molecule has 1 amide bonds. The van der Waals surface area contributed by atoms with E-state index in [0.717, 1.165) is 32.6 Å². The zero-order chi connectivity index (χ0) is 13.1. The fourth-order valence-electron chi connectivity index (χ4n) is 2.28. The van der Waals surface area contributed by atoms with Crippen LogP contribution in [0.5, 0.6) is 0 Å². The SMILES string of the molecule is CC(=O)N1CCCN(C(C)c2nc(C)no2)CC1. The Hall–Kier alpha value is -1.43. The van der Waals surface area contributed by atoms with Crippen molar-refractivity contribution in [3.05, 3.63) is 11.7 Å². The van der Waals surface area contributed by atoms with E-state index in [2.05, 4.69) is 22.0 Å². The van der Waals surface area contributed by atoms with Gasteiger partial charge in [-0.05, 0) is 20.3 Å². The van der Waals surface area contributed by atoms with Crippen LogP contribution >= 0.6 is 0 Å². The van der Waals surface area contributed by atoms with Crippen LogP contribution in [0.1, 0.15) is 38.0 Å². The lowest BCUT2D eigenvalue weighted by atomic mass is 10.2. The number of hydrogen-bond donors (Lipinski definition) is 0. The largest absolute Gasteiger partial charge is 0.342 e. The normalized spacial score (nSPS) is 19.6. The van der Waals surface area contributed by atoms with E-state index in [4.69, 9.17) is 4.52 Å². The molecule has 18 heavy (non-hydrogen) atoms. The van der Waals surface area contributed by atoms with Gasteiger partial charge in [-0.15, -0.1) is 0 Å². The van der Waals surface area contributed by atoms with Crippen molar-refractivity contribution < 1.29 is 9.32 Å². The van der Waals surface area contributed by atoms with Crippen molar-refractivity contribution >= 4 is 5.91 Å². The molecule has 6 nitrogen and oxygen atoms in total. The third-order valence-corrected chi connectivity index (χ3v) is 3.42. The molecule has 0 aliphatic carbocycles. The Morgan fingerprint density at radius 3 is 2.72 bits per heavy atom. The second kappa shape index (κ2) is 5.48. The summed E-state index contributed by atoms with van der Waals surface area (Å²) in [6.07, 6.45) is 0.983. The molecule has 1 saturated heterocycles. The van der Waals surface area contributed by atoms with E-state index in [1.54, 1.807) is 6.92 Å². The minimum atomic E-state index is 0.109. The Kier molecular flexibility index (Phi) is 3.96. The minimum Gasteiger partial charge on any atom is -0.342 e. The summed E-state index contributed by atoms with van der Waals surface area (Å²) in [5.41, 5.74) is 0. The second-order valence-electron chi connectivity index (χ2n) is 4.75. The average molecular weight is 252 g/mol. The van der Waals surface area contributed by atoms with Gasteiger partial charge >= 0.3 is 0 Å². The predicted octanol–water partition coefficient (Wildman–Crippen LogP) is 0.993. The third kappa shape index (κ3) is 2.87. The molecule has 1 aromatic heterocycles. The highest BCUT2D eigenvalue weighted by Gasteiger charge is 2.24. The van der Waals surface area contributed by atoms with Crippen LogP contribution in [-0.2, 0) is 4.79 Å². The van der Waals surface area contributed by atoms with Crippen LogP contribution in [0.2, 0.25) is 0 Å². The summed E-state index contributed by atoms with van der Waals surface area (Å²) in [6.45, 7) is 8.92. The van der Waals surface area contributed by atoms with Crippen molar-refractivity contribution in [1.29, 1.82) is 0 Å². The van der Waals surface area contributed by atoms with Crippen LogP contribution in [0.3, 0.4) is 0 Å². The molecule has 1 aliphatic rings. The van der Waals surface area contributed by atoms with Crippen LogP contribution in [0.4, 0.5) is 0 Å². The lowest BCUT2D eigenvalue weighted by Gasteiger charge is -2.24. The van der Waals surface area contributed by atoms with Crippen molar-refractivity contribution in [2.24, 2.45) is 0 Å². The summed E-state index contributed by atoms with van der Waals surface area (Å²) in [6, 6.07) is 0.109. The minimum absolute atomic E-state index is 0.109. The standard InChI is InChI=1S/C12H20N4O2/c1-9(12-13-10(2)14-18-12)15-5-4-6-16(8-7-15)11(3)17/h9H,4-8H2,1-3H3. The van der Waals surface area contributed by atoms with E-state index >= 15 is 0 Å². The predicted molar refractivity (Wildman–Crippen MR) is 65.9 cm³/mol. The average Bonchev–Trinajstić information content (AvgIpc) is 2.63. The molecule has 1 atom stereocenters. The monoisotopic (exact) mass is 252 g/mol. The summed E-state index contributed by atoms with van der Waals surface area (Å²) in [5, 5.41) is 3.82. The number of rotatable bonds is 2. The van der Waals surface area contributed by atoms with Crippen LogP contribution in [0.25, 0.3) is 0 Å². The van der Waals surface area contributed by atoms with Crippen molar-refractivity contribution in [3.8, 4) is 0 Å². The fourth-order valence-corrected chi connectivity index (χ4v) is 2.28. The number of carbonyl (C=O) groups is 1. The maximum absolute atomic E-state index is 11.4. The first-order valence-corrected chi connectivity index (χ1v) is 6.37.